The number of nitrogens with zero attached hydrogens (tertiary/aromatic N) is 1. The van der Waals surface area contributed by atoms with Gasteiger partial charge in [-0.25, -0.2) is 0 Å². The molecule has 1 aromatic heterocycles. The highest BCUT2D eigenvalue weighted by Crippen LogP contribution is 2.51. The van der Waals surface area contributed by atoms with Crippen LogP contribution in [-0.2, 0) is 16.6 Å². The molecule has 0 radical (unpaired) electrons. The Morgan fingerprint density at radius 1 is 0.897 bits per heavy atom. The predicted molar refractivity (Wildman–Crippen MR) is 117 cm³/mol. The van der Waals surface area contributed by atoms with Gasteiger partial charge in [0.2, 0.25) is 5.91 Å². The fourth-order valence-corrected chi connectivity index (χ4v) is 4.35. The number of amides is 1. The molecule has 0 unspecified atom stereocenters. The van der Waals surface area contributed by atoms with Crippen molar-refractivity contribution < 1.29 is 4.79 Å². The van der Waals surface area contributed by atoms with Gasteiger partial charge in [0.05, 0.1) is 0 Å². The van der Waals surface area contributed by atoms with Crippen molar-refractivity contribution in [3.8, 4) is 0 Å². The van der Waals surface area contributed by atoms with Crippen LogP contribution >= 0.6 is 0 Å². The Bertz CT molecular complexity index is 866. The van der Waals surface area contributed by atoms with Crippen LogP contribution in [0.5, 0.6) is 0 Å². The van der Waals surface area contributed by atoms with Crippen LogP contribution in [0.4, 0.5) is 0 Å². The summed E-state index contributed by atoms with van der Waals surface area (Å²) in [5, 5.41) is 3.27. The van der Waals surface area contributed by atoms with Crippen molar-refractivity contribution in [3.05, 3.63) is 102 Å². The first-order valence-corrected chi connectivity index (χ1v) is 10.6. The Hall–Kier alpha value is -2.94. The molecule has 1 fully saturated rings. The van der Waals surface area contributed by atoms with E-state index >= 15 is 0 Å². The number of unbranched alkanes of at least 4 members (excludes halogenated alkanes) is 1. The van der Waals surface area contributed by atoms with Gasteiger partial charge in [-0.05, 0) is 60.8 Å². The molecule has 3 aromatic rings. The van der Waals surface area contributed by atoms with E-state index in [0.717, 1.165) is 43.2 Å². The van der Waals surface area contributed by atoms with Crippen molar-refractivity contribution >= 4 is 5.91 Å². The minimum atomic E-state index is -0.591. The van der Waals surface area contributed by atoms with Crippen molar-refractivity contribution in [1.82, 2.24) is 10.3 Å². The molecule has 29 heavy (non-hydrogen) atoms. The van der Waals surface area contributed by atoms with Gasteiger partial charge in [-0.1, -0.05) is 66.7 Å². The first-order chi connectivity index (χ1) is 14.3. The number of nitrogens with one attached hydrogen (secondary N) is 1. The van der Waals surface area contributed by atoms with E-state index in [1.54, 1.807) is 6.20 Å². The molecule has 1 amide bonds. The molecule has 0 bridgehead atoms. The lowest BCUT2D eigenvalue weighted by molar-refractivity contribution is -0.126. The summed E-state index contributed by atoms with van der Waals surface area (Å²) in [5.74, 6) is 0.501. The van der Waals surface area contributed by atoms with Crippen LogP contribution in [0.1, 0.15) is 42.4 Å². The number of carbonyl (C=O) groups is 1. The molecule has 148 valence electrons. The summed E-state index contributed by atoms with van der Waals surface area (Å²) < 4.78 is 0. The Kier molecular flexibility index (Phi) is 6.04. The lowest BCUT2D eigenvalue weighted by Gasteiger charge is -2.34. The number of hydrogen-bond acceptors (Lipinski definition) is 2. The number of rotatable bonds is 9. The summed E-state index contributed by atoms with van der Waals surface area (Å²) in [7, 11) is 0. The molecule has 4 rings (SSSR count). The van der Waals surface area contributed by atoms with Gasteiger partial charge in [0.25, 0.3) is 0 Å². The number of aryl methyl sites for hydroxylation is 1. The maximum atomic E-state index is 13.7. The third-order valence-electron chi connectivity index (χ3n) is 5.91. The van der Waals surface area contributed by atoms with Gasteiger partial charge in [0, 0.05) is 18.9 Å². The molecule has 0 atom stereocenters. The van der Waals surface area contributed by atoms with Gasteiger partial charge in [-0.2, -0.15) is 0 Å². The zero-order valence-corrected chi connectivity index (χ0v) is 16.8. The molecule has 1 heterocycles. The number of aromatic nitrogens is 1. The topological polar surface area (TPSA) is 42.0 Å². The van der Waals surface area contributed by atoms with Crippen LogP contribution in [0.3, 0.4) is 0 Å². The van der Waals surface area contributed by atoms with E-state index in [9.17, 15) is 4.79 Å². The number of hydrogen-bond donors (Lipinski definition) is 1. The van der Waals surface area contributed by atoms with Gasteiger partial charge in [0.15, 0.2) is 0 Å². The van der Waals surface area contributed by atoms with Gasteiger partial charge in [-0.3, -0.25) is 9.78 Å². The van der Waals surface area contributed by atoms with Crippen LogP contribution in [-0.4, -0.2) is 17.4 Å². The zero-order valence-electron chi connectivity index (χ0n) is 16.8. The molecule has 3 heteroatoms. The van der Waals surface area contributed by atoms with Crippen LogP contribution in [0.25, 0.3) is 0 Å². The largest absolute Gasteiger partial charge is 0.355 e. The van der Waals surface area contributed by atoms with E-state index in [4.69, 9.17) is 0 Å². The Morgan fingerprint density at radius 2 is 1.55 bits per heavy atom. The van der Waals surface area contributed by atoms with E-state index in [0.29, 0.717) is 12.5 Å². The summed E-state index contributed by atoms with van der Waals surface area (Å²) in [6.45, 7) is 0.702. The molecule has 1 N–H and O–H groups in total. The fourth-order valence-electron chi connectivity index (χ4n) is 4.35. The van der Waals surface area contributed by atoms with E-state index < -0.39 is 5.41 Å². The number of benzene rings is 2. The summed E-state index contributed by atoms with van der Waals surface area (Å²) in [5.41, 5.74) is 2.86. The first-order valence-electron chi connectivity index (χ1n) is 10.6. The predicted octanol–water partition coefficient (Wildman–Crippen LogP) is 4.92. The Balaban J connectivity index is 1.48. The third kappa shape index (κ3) is 4.24. The average molecular weight is 385 g/mol. The summed E-state index contributed by atoms with van der Waals surface area (Å²) in [4.78, 5) is 17.8. The molecule has 2 aromatic carbocycles. The maximum absolute atomic E-state index is 13.7. The normalized spacial score (nSPS) is 13.8. The lowest BCUT2D eigenvalue weighted by atomic mass is 9.69. The Labute approximate surface area is 173 Å². The van der Waals surface area contributed by atoms with Crippen molar-refractivity contribution in [1.29, 1.82) is 0 Å². The highest BCUT2D eigenvalue weighted by Gasteiger charge is 2.52. The van der Waals surface area contributed by atoms with Gasteiger partial charge >= 0.3 is 0 Å². The quantitative estimate of drug-likeness (QED) is 0.532. The molecule has 0 spiro atoms. The minimum Gasteiger partial charge on any atom is -0.355 e. The molecular formula is C26H28N2O. The van der Waals surface area contributed by atoms with Crippen molar-refractivity contribution in [2.24, 2.45) is 5.92 Å². The van der Waals surface area contributed by atoms with Crippen LogP contribution in [0, 0.1) is 5.92 Å². The van der Waals surface area contributed by atoms with Gasteiger partial charge in [0.1, 0.15) is 5.41 Å². The molecular weight excluding hydrogens is 356 g/mol. The molecule has 1 aliphatic rings. The van der Waals surface area contributed by atoms with Crippen molar-refractivity contribution in [3.63, 3.8) is 0 Å². The molecule has 3 nitrogen and oxygen atoms in total. The second-order valence-electron chi connectivity index (χ2n) is 7.89. The highest BCUT2D eigenvalue weighted by atomic mass is 16.2. The second-order valence-corrected chi connectivity index (χ2v) is 7.89. The Morgan fingerprint density at radius 3 is 2.10 bits per heavy atom. The van der Waals surface area contributed by atoms with E-state index in [1.807, 2.05) is 48.7 Å². The molecule has 1 saturated carbocycles. The summed E-state index contributed by atoms with van der Waals surface area (Å²) in [6, 6.07) is 24.7. The van der Waals surface area contributed by atoms with Crippen molar-refractivity contribution in [2.45, 2.75) is 37.5 Å². The SMILES string of the molecule is O=C(NCCCCc1cccnc1)C(c1ccccc1)(c1ccccc1)C1CC1. The third-order valence-corrected chi connectivity index (χ3v) is 5.91. The van der Waals surface area contributed by atoms with E-state index in [2.05, 4.69) is 40.6 Å². The first kappa shape index (κ1) is 19.4. The highest BCUT2D eigenvalue weighted by molar-refractivity contribution is 5.93. The van der Waals surface area contributed by atoms with Gasteiger partial charge in [-0.15, -0.1) is 0 Å². The lowest BCUT2D eigenvalue weighted by Crippen LogP contribution is -2.47. The monoisotopic (exact) mass is 384 g/mol. The molecule has 0 saturated heterocycles. The molecule has 1 aliphatic carbocycles. The zero-order chi connectivity index (χ0) is 19.9. The smallest absolute Gasteiger partial charge is 0.235 e. The second kappa shape index (κ2) is 9.04. The summed E-state index contributed by atoms with van der Waals surface area (Å²) in [6.07, 6.45) is 8.91. The van der Waals surface area contributed by atoms with Gasteiger partial charge < -0.3 is 5.32 Å². The molecule has 0 aliphatic heterocycles. The van der Waals surface area contributed by atoms with E-state index in [1.165, 1.54) is 5.56 Å². The minimum absolute atomic E-state index is 0.138. The summed E-state index contributed by atoms with van der Waals surface area (Å²) >= 11 is 0. The average Bonchev–Trinajstić information content (AvgIpc) is 3.62. The van der Waals surface area contributed by atoms with Crippen LogP contribution in [0.2, 0.25) is 0 Å². The fraction of sp³-hybridized carbons (Fsp3) is 0.308. The number of pyridine rings is 1. The maximum Gasteiger partial charge on any atom is 0.235 e. The van der Waals surface area contributed by atoms with Crippen LogP contribution in [0.15, 0.2) is 85.2 Å². The van der Waals surface area contributed by atoms with E-state index in [-0.39, 0.29) is 5.91 Å². The standard InChI is InChI=1S/C26H28N2O/c29-25(28-19-8-7-10-21-11-9-18-27-20-21)26(24-16-17-24,22-12-3-1-4-13-22)23-14-5-2-6-15-23/h1-6,9,11-15,18,20,24H,7-8,10,16-17,19H2,(H,28,29). The van der Waals surface area contributed by atoms with Crippen molar-refractivity contribution in [2.75, 3.05) is 6.54 Å². The van der Waals surface area contributed by atoms with Crippen LogP contribution < -0.4 is 5.32 Å². The number of carbonyl (C=O) groups excluding carboxylic acids is 1.